The minimum atomic E-state index is -0.945. The van der Waals surface area contributed by atoms with E-state index in [2.05, 4.69) is 22.4 Å². The van der Waals surface area contributed by atoms with Gasteiger partial charge in [-0.2, -0.15) is 5.10 Å². The molecule has 0 aliphatic carbocycles. The first-order chi connectivity index (χ1) is 15.3. The molecule has 0 aliphatic rings. The van der Waals surface area contributed by atoms with E-state index < -0.39 is 17.7 Å². The molecule has 0 aliphatic heterocycles. The lowest BCUT2D eigenvalue weighted by molar-refractivity contribution is -0.134. The van der Waals surface area contributed by atoms with Crippen LogP contribution in [0.25, 0.3) is 0 Å². The standard InChI is InChI=1S/C24H29N3O5/c1-6-7-17-12-16(13-20(32-5)22(17)28)14-25-27-24(30)21(15(2)3)23(29)26-18-8-10-19(31-4)11-9-18/h6,8-15,21,28H,1,7H2,2-5H3,(H,26,29)(H,27,30)/b25-14+. The third-order valence-electron chi connectivity index (χ3n) is 4.74. The van der Waals surface area contributed by atoms with E-state index in [-0.39, 0.29) is 17.4 Å². The topological polar surface area (TPSA) is 109 Å². The molecule has 2 rings (SSSR count). The first-order valence-corrected chi connectivity index (χ1v) is 10.1. The smallest absolute Gasteiger partial charge is 0.252 e. The van der Waals surface area contributed by atoms with Crippen molar-refractivity contribution in [3.8, 4) is 17.2 Å². The number of hydrogen-bond acceptors (Lipinski definition) is 6. The zero-order valence-electron chi connectivity index (χ0n) is 18.7. The van der Waals surface area contributed by atoms with Crippen LogP contribution < -0.4 is 20.2 Å². The lowest BCUT2D eigenvalue weighted by atomic mass is 9.94. The second-order valence-electron chi connectivity index (χ2n) is 7.40. The number of methoxy groups -OCH3 is 2. The Labute approximate surface area is 187 Å². The van der Waals surface area contributed by atoms with Crippen molar-refractivity contribution < 1.29 is 24.2 Å². The maximum Gasteiger partial charge on any atom is 0.252 e. The van der Waals surface area contributed by atoms with Crippen LogP contribution >= 0.6 is 0 Å². The van der Waals surface area contributed by atoms with Gasteiger partial charge >= 0.3 is 0 Å². The number of phenolic OH excluding ortho intramolecular Hbond substituents is 1. The average molecular weight is 440 g/mol. The van der Waals surface area contributed by atoms with Gasteiger partial charge in [0.05, 0.1) is 20.4 Å². The summed E-state index contributed by atoms with van der Waals surface area (Å²) in [6, 6.07) is 10.1. The number of ether oxygens (including phenoxy) is 2. The zero-order valence-corrected chi connectivity index (χ0v) is 18.7. The number of nitrogens with one attached hydrogen (secondary N) is 2. The molecular formula is C24H29N3O5. The highest BCUT2D eigenvalue weighted by Gasteiger charge is 2.30. The van der Waals surface area contributed by atoms with E-state index in [0.29, 0.717) is 29.0 Å². The molecule has 8 nitrogen and oxygen atoms in total. The van der Waals surface area contributed by atoms with Crippen LogP contribution in [0.4, 0.5) is 5.69 Å². The first kappa shape index (κ1) is 24.5. The fourth-order valence-electron chi connectivity index (χ4n) is 3.09. The zero-order chi connectivity index (χ0) is 23.7. The molecule has 3 N–H and O–H groups in total. The third kappa shape index (κ3) is 6.34. The largest absolute Gasteiger partial charge is 0.504 e. The summed E-state index contributed by atoms with van der Waals surface area (Å²) in [7, 11) is 3.01. The van der Waals surface area contributed by atoms with Crippen molar-refractivity contribution in [3.05, 3.63) is 60.2 Å². The molecule has 2 amide bonds. The Bertz CT molecular complexity index is 984. The Kier molecular flexibility index (Phi) is 8.83. The van der Waals surface area contributed by atoms with E-state index in [1.165, 1.54) is 13.3 Å². The maximum atomic E-state index is 12.7. The van der Waals surface area contributed by atoms with E-state index in [1.54, 1.807) is 63.4 Å². The molecule has 0 saturated heterocycles. The van der Waals surface area contributed by atoms with E-state index in [4.69, 9.17) is 9.47 Å². The van der Waals surface area contributed by atoms with Gasteiger partial charge in [-0.05, 0) is 54.3 Å². The van der Waals surface area contributed by atoms with Crippen molar-refractivity contribution in [1.29, 1.82) is 0 Å². The van der Waals surface area contributed by atoms with E-state index in [0.717, 1.165) is 0 Å². The quantitative estimate of drug-likeness (QED) is 0.227. The minimum Gasteiger partial charge on any atom is -0.504 e. The van der Waals surface area contributed by atoms with Gasteiger partial charge in [0, 0.05) is 11.3 Å². The van der Waals surface area contributed by atoms with Gasteiger partial charge in [0.1, 0.15) is 11.7 Å². The number of allylic oxidation sites excluding steroid dienone is 1. The van der Waals surface area contributed by atoms with Crippen LogP contribution in [0.15, 0.2) is 54.2 Å². The monoisotopic (exact) mass is 439 g/mol. The molecule has 1 unspecified atom stereocenters. The molecular weight excluding hydrogens is 410 g/mol. The first-order valence-electron chi connectivity index (χ1n) is 10.1. The van der Waals surface area contributed by atoms with Gasteiger partial charge in [0.25, 0.3) is 5.91 Å². The van der Waals surface area contributed by atoms with Crippen LogP contribution in [-0.4, -0.2) is 37.4 Å². The molecule has 0 heterocycles. The Morgan fingerprint density at radius 3 is 2.38 bits per heavy atom. The van der Waals surface area contributed by atoms with Crippen LogP contribution in [0, 0.1) is 11.8 Å². The SMILES string of the molecule is C=CCc1cc(/C=N/NC(=O)C(C(=O)Nc2ccc(OC)cc2)C(C)C)cc(OC)c1O. The molecule has 0 radical (unpaired) electrons. The van der Waals surface area contributed by atoms with Gasteiger partial charge in [0.2, 0.25) is 5.91 Å². The summed E-state index contributed by atoms with van der Waals surface area (Å²) >= 11 is 0. The maximum absolute atomic E-state index is 12.7. The van der Waals surface area contributed by atoms with E-state index >= 15 is 0 Å². The van der Waals surface area contributed by atoms with Crippen LogP contribution in [0.2, 0.25) is 0 Å². The summed E-state index contributed by atoms with van der Waals surface area (Å²) in [4.78, 5) is 25.4. The summed E-state index contributed by atoms with van der Waals surface area (Å²) in [6.45, 7) is 7.24. The van der Waals surface area contributed by atoms with Crippen molar-refractivity contribution in [2.24, 2.45) is 16.9 Å². The van der Waals surface area contributed by atoms with Gasteiger partial charge in [-0.3, -0.25) is 9.59 Å². The highest BCUT2D eigenvalue weighted by atomic mass is 16.5. The number of rotatable bonds is 10. The molecule has 8 heteroatoms. The molecule has 0 bridgehead atoms. The summed E-state index contributed by atoms with van der Waals surface area (Å²) in [6.07, 6.45) is 3.52. The predicted octanol–water partition coefficient (Wildman–Crippen LogP) is 3.50. The molecule has 32 heavy (non-hydrogen) atoms. The fourth-order valence-corrected chi connectivity index (χ4v) is 3.09. The van der Waals surface area contributed by atoms with Crippen molar-refractivity contribution in [3.63, 3.8) is 0 Å². The van der Waals surface area contributed by atoms with Crippen molar-refractivity contribution in [2.45, 2.75) is 20.3 Å². The summed E-state index contributed by atoms with van der Waals surface area (Å²) in [5.41, 5.74) is 4.21. The van der Waals surface area contributed by atoms with Crippen molar-refractivity contribution in [1.82, 2.24) is 5.43 Å². The third-order valence-corrected chi connectivity index (χ3v) is 4.74. The number of hydrazone groups is 1. The number of carbonyl (C=O) groups is 2. The molecule has 170 valence electrons. The molecule has 0 fully saturated rings. The second kappa shape index (κ2) is 11.5. The Morgan fingerprint density at radius 1 is 1.12 bits per heavy atom. The molecule has 0 spiro atoms. The number of hydrogen-bond donors (Lipinski definition) is 3. The Hall–Kier alpha value is -3.81. The number of anilines is 1. The second-order valence-corrected chi connectivity index (χ2v) is 7.40. The summed E-state index contributed by atoms with van der Waals surface area (Å²) < 4.78 is 10.3. The van der Waals surface area contributed by atoms with Crippen LogP contribution in [-0.2, 0) is 16.0 Å². The molecule has 0 saturated carbocycles. The fraction of sp³-hybridized carbons (Fsp3) is 0.292. The number of aromatic hydroxyl groups is 1. The summed E-state index contributed by atoms with van der Waals surface area (Å²) in [5, 5.41) is 16.9. The predicted molar refractivity (Wildman–Crippen MR) is 124 cm³/mol. The van der Waals surface area contributed by atoms with Gasteiger partial charge in [-0.15, -0.1) is 6.58 Å². The van der Waals surface area contributed by atoms with Crippen LogP contribution in [0.5, 0.6) is 17.2 Å². The number of nitrogens with zero attached hydrogens (tertiary/aromatic N) is 1. The Balaban J connectivity index is 2.10. The number of amides is 2. The number of benzene rings is 2. The molecule has 2 aromatic rings. The normalized spacial score (nSPS) is 11.8. The number of phenols is 1. The molecule has 0 aromatic heterocycles. The van der Waals surface area contributed by atoms with Crippen molar-refractivity contribution in [2.75, 3.05) is 19.5 Å². The summed E-state index contributed by atoms with van der Waals surface area (Å²) in [5.74, 6) is -1.18. The minimum absolute atomic E-state index is 0.0312. The molecule has 2 aromatic carbocycles. The van der Waals surface area contributed by atoms with Crippen LogP contribution in [0.1, 0.15) is 25.0 Å². The Morgan fingerprint density at radius 2 is 1.81 bits per heavy atom. The van der Waals surface area contributed by atoms with Crippen molar-refractivity contribution >= 4 is 23.7 Å². The van der Waals surface area contributed by atoms with Gasteiger partial charge in [-0.1, -0.05) is 19.9 Å². The highest BCUT2D eigenvalue weighted by Crippen LogP contribution is 2.31. The van der Waals surface area contributed by atoms with Crippen LogP contribution in [0.3, 0.4) is 0 Å². The lowest BCUT2D eigenvalue weighted by Gasteiger charge is -2.18. The van der Waals surface area contributed by atoms with Gasteiger partial charge < -0.3 is 19.9 Å². The van der Waals surface area contributed by atoms with E-state index in [9.17, 15) is 14.7 Å². The average Bonchev–Trinajstić information content (AvgIpc) is 2.76. The van der Waals surface area contributed by atoms with Gasteiger partial charge in [0.15, 0.2) is 11.5 Å². The van der Waals surface area contributed by atoms with E-state index in [1.807, 2.05) is 0 Å². The lowest BCUT2D eigenvalue weighted by Crippen LogP contribution is -2.39. The highest BCUT2D eigenvalue weighted by molar-refractivity contribution is 6.06. The molecule has 1 atom stereocenters. The van der Waals surface area contributed by atoms with Gasteiger partial charge in [-0.25, -0.2) is 5.43 Å². The number of carbonyl (C=O) groups excluding carboxylic acids is 2.